The Morgan fingerprint density at radius 2 is 2.13 bits per heavy atom. The van der Waals surface area contributed by atoms with Crippen molar-refractivity contribution in [1.82, 2.24) is 9.97 Å². The SMILES string of the molecule is Nc1cncc(Br)c1Sc1ccccn1. The van der Waals surface area contributed by atoms with Gasteiger partial charge in [-0.25, -0.2) is 4.98 Å². The Morgan fingerprint density at radius 1 is 1.27 bits per heavy atom. The zero-order valence-electron chi connectivity index (χ0n) is 7.72. The number of aromatic nitrogens is 2. The molecule has 2 rings (SSSR count). The zero-order chi connectivity index (χ0) is 10.7. The van der Waals surface area contributed by atoms with Crippen molar-refractivity contribution >= 4 is 33.4 Å². The van der Waals surface area contributed by atoms with Gasteiger partial charge < -0.3 is 5.73 Å². The average molecular weight is 282 g/mol. The molecule has 3 nitrogen and oxygen atoms in total. The molecule has 0 unspecified atom stereocenters. The van der Waals surface area contributed by atoms with Crippen LogP contribution in [-0.2, 0) is 0 Å². The molecule has 0 aliphatic heterocycles. The van der Waals surface area contributed by atoms with Crippen LogP contribution in [-0.4, -0.2) is 9.97 Å². The third-order valence-corrected chi connectivity index (χ3v) is 3.70. The summed E-state index contributed by atoms with van der Waals surface area (Å²) in [6.45, 7) is 0. The Bertz CT molecular complexity index is 441. The third kappa shape index (κ3) is 2.49. The van der Waals surface area contributed by atoms with E-state index in [1.807, 2.05) is 18.2 Å². The molecule has 0 saturated carbocycles. The fourth-order valence-corrected chi connectivity index (χ4v) is 2.44. The largest absolute Gasteiger partial charge is 0.397 e. The standard InChI is InChI=1S/C10H8BrN3S/c11-7-5-13-6-8(12)10(7)15-9-3-1-2-4-14-9/h1-6H,12H2. The minimum Gasteiger partial charge on any atom is -0.397 e. The van der Waals surface area contributed by atoms with Crippen LogP contribution in [0.1, 0.15) is 0 Å². The van der Waals surface area contributed by atoms with Crippen LogP contribution in [0.25, 0.3) is 0 Å². The van der Waals surface area contributed by atoms with Crippen LogP contribution in [0.4, 0.5) is 5.69 Å². The maximum absolute atomic E-state index is 5.83. The summed E-state index contributed by atoms with van der Waals surface area (Å²) >= 11 is 4.93. The van der Waals surface area contributed by atoms with E-state index in [4.69, 9.17) is 5.73 Å². The lowest BCUT2D eigenvalue weighted by Crippen LogP contribution is -1.91. The summed E-state index contributed by atoms with van der Waals surface area (Å²) in [5, 5.41) is 0.913. The first-order chi connectivity index (χ1) is 7.27. The smallest absolute Gasteiger partial charge is 0.101 e. The molecule has 2 aromatic rings. The van der Waals surface area contributed by atoms with E-state index in [9.17, 15) is 0 Å². The van der Waals surface area contributed by atoms with Crippen molar-refractivity contribution in [2.45, 2.75) is 9.92 Å². The van der Waals surface area contributed by atoms with Gasteiger partial charge in [-0.15, -0.1) is 0 Å². The quantitative estimate of drug-likeness (QED) is 0.920. The van der Waals surface area contributed by atoms with Crippen molar-refractivity contribution < 1.29 is 0 Å². The van der Waals surface area contributed by atoms with Crippen LogP contribution >= 0.6 is 27.7 Å². The number of nitrogens with two attached hydrogens (primary N) is 1. The third-order valence-electron chi connectivity index (χ3n) is 1.72. The molecule has 0 aromatic carbocycles. The molecule has 2 N–H and O–H groups in total. The Kier molecular flexibility index (Phi) is 3.23. The van der Waals surface area contributed by atoms with E-state index in [1.165, 1.54) is 11.8 Å². The van der Waals surface area contributed by atoms with Gasteiger partial charge in [0, 0.05) is 12.4 Å². The van der Waals surface area contributed by atoms with Crippen LogP contribution in [0, 0.1) is 0 Å². The Hall–Kier alpha value is -1.07. The Labute approximate surface area is 100 Å². The predicted octanol–water partition coefficient (Wildman–Crippen LogP) is 2.97. The number of hydrogen-bond acceptors (Lipinski definition) is 4. The molecule has 0 bridgehead atoms. The second-order valence-electron chi connectivity index (χ2n) is 2.81. The fourth-order valence-electron chi connectivity index (χ4n) is 1.06. The molecule has 0 aliphatic rings. The van der Waals surface area contributed by atoms with Crippen LogP contribution < -0.4 is 5.73 Å². The summed E-state index contributed by atoms with van der Waals surface area (Å²) < 4.78 is 0.887. The van der Waals surface area contributed by atoms with Gasteiger partial charge in [-0.05, 0) is 28.1 Å². The summed E-state index contributed by atoms with van der Waals surface area (Å²) in [6.07, 6.45) is 5.12. The van der Waals surface area contributed by atoms with E-state index < -0.39 is 0 Å². The van der Waals surface area contributed by atoms with E-state index in [2.05, 4.69) is 25.9 Å². The van der Waals surface area contributed by atoms with Gasteiger partial charge in [0.15, 0.2) is 0 Å². The molecule has 2 heterocycles. The maximum Gasteiger partial charge on any atom is 0.101 e. The fraction of sp³-hybridized carbons (Fsp3) is 0. The molecule has 76 valence electrons. The molecule has 0 saturated heterocycles. The monoisotopic (exact) mass is 281 g/mol. The minimum absolute atomic E-state index is 0.653. The highest BCUT2D eigenvalue weighted by Crippen LogP contribution is 2.35. The van der Waals surface area contributed by atoms with E-state index in [0.717, 1.165) is 14.4 Å². The van der Waals surface area contributed by atoms with Crippen molar-refractivity contribution in [3.05, 3.63) is 41.3 Å². The molecule has 5 heteroatoms. The second-order valence-corrected chi connectivity index (χ2v) is 4.69. The van der Waals surface area contributed by atoms with Crippen molar-refractivity contribution in [1.29, 1.82) is 0 Å². The van der Waals surface area contributed by atoms with Gasteiger partial charge in [0.25, 0.3) is 0 Å². The van der Waals surface area contributed by atoms with Gasteiger partial charge in [-0.3, -0.25) is 4.98 Å². The Balaban J connectivity index is 2.32. The average Bonchev–Trinajstić information content (AvgIpc) is 2.25. The highest BCUT2D eigenvalue weighted by molar-refractivity contribution is 9.10. The van der Waals surface area contributed by atoms with E-state index in [-0.39, 0.29) is 0 Å². The summed E-state index contributed by atoms with van der Waals surface area (Å²) in [5.74, 6) is 0. The van der Waals surface area contributed by atoms with E-state index >= 15 is 0 Å². The molecule has 0 amide bonds. The van der Waals surface area contributed by atoms with Crippen molar-refractivity contribution in [3.63, 3.8) is 0 Å². The van der Waals surface area contributed by atoms with Gasteiger partial charge in [-0.1, -0.05) is 17.8 Å². The molecule has 0 spiro atoms. The molecule has 2 aromatic heterocycles. The lowest BCUT2D eigenvalue weighted by molar-refractivity contribution is 1.13. The van der Waals surface area contributed by atoms with Gasteiger partial charge in [0.2, 0.25) is 0 Å². The van der Waals surface area contributed by atoms with Crippen LogP contribution in [0.5, 0.6) is 0 Å². The van der Waals surface area contributed by atoms with Gasteiger partial charge >= 0.3 is 0 Å². The second kappa shape index (κ2) is 4.63. The number of nitrogen functional groups attached to an aromatic ring is 1. The summed E-state index contributed by atoms with van der Waals surface area (Å²) in [5.41, 5.74) is 6.48. The number of hydrogen-bond donors (Lipinski definition) is 1. The Morgan fingerprint density at radius 3 is 2.80 bits per heavy atom. The zero-order valence-corrected chi connectivity index (χ0v) is 10.1. The molecule has 0 aliphatic carbocycles. The molecule has 15 heavy (non-hydrogen) atoms. The van der Waals surface area contributed by atoms with Crippen molar-refractivity contribution in [2.75, 3.05) is 5.73 Å². The number of halogens is 1. The topological polar surface area (TPSA) is 51.8 Å². The van der Waals surface area contributed by atoms with Crippen LogP contribution in [0.3, 0.4) is 0 Å². The van der Waals surface area contributed by atoms with Gasteiger partial charge in [-0.2, -0.15) is 0 Å². The molecular formula is C10H8BrN3S. The lowest BCUT2D eigenvalue weighted by atomic mass is 10.4. The van der Waals surface area contributed by atoms with Gasteiger partial charge in [0.05, 0.1) is 21.3 Å². The normalized spacial score (nSPS) is 10.2. The molecule has 0 atom stereocenters. The highest BCUT2D eigenvalue weighted by Gasteiger charge is 2.07. The molecule has 0 radical (unpaired) electrons. The predicted molar refractivity (Wildman–Crippen MR) is 64.7 cm³/mol. The van der Waals surface area contributed by atoms with E-state index in [0.29, 0.717) is 5.69 Å². The number of rotatable bonds is 2. The number of anilines is 1. The molecule has 0 fully saturated rings. The number of pyridine rings is 2. The highest BCUT2D eigenvalue weighted by atomic mass is 79.9. The van der Waals surface area contributed by atoms with E-state index in [1.54, 1.807) is 18.6 Å². The summed E-state index contributed by atoms with van der Waals surface area (Å²) in [7, 11) is 0. The summed E-state index contributed by atoms with van der Waals surface area (Å²) in [6, 6.07) is 5.77. The first-order valence-electron chi connectivity index (χ1n) is 4.25. The first-order valence-corrected chi connectivity index (χ1v) is 5.86. The minimum atomic E-state index is 0.653. The summed E-state index contributed by atoms with van der Waals surface area (Å²) in [4.78, 5) is 9.15. The van der Waals surface area contributed by atoms with Crippen LogP contribution in [0.15, 0.2) is 51.2 Å². The first kappa shape index (κ1) is 10.4. The molecular weight excluding hydrogens is 274 g/mol. The lowest BCUT2D eigenvalue weighted by Gasteiger charge is -2.05. The number of nitrogens with zero attached hydrogens (tertiary/aromatic N) is 2. The van der Waals surface area contributed by atoms with Crippen LogP contribution in [0.2, 0.25) is 0 Å². The van der Waals surface area contributed by atoms with Crippen molar-refractivity contribution in [3.8, 4) is 0 Å². The van der Waals surface area contributed by atoms with Gasteiger partial charge in [0.1, 0.15) is 5.03 Å². The maximum atomic E-state index is 5.83. The van der Waals surface area contributed by atoms with Crippen molar-refractivity contribution in [2.24, 2.45) is 0 Å².